The first-order valence-corrected chi connectivity index (χ1v) is 14.4. The van der Waals surface area contributed by atoms with E-state index in [1.165, 1.54) is 20.8 Å². The summed E-state index contributed by atoms with van der Waals surface area (Å²) in [5.74, 6) is 0.000841. The number of rotatable bonds is 11. The molecule has 1 aromatic carbocycles. The predicted molar refractivity (Wildman–Crippen MR) is 153 cm³/mol. The first-order valence-electron chi connectivity index (χ1n) is 13.2. The Labute approximate surface area is 240 Å². The SMILES string of the molecule is Cc1cc(N2CC(CNC(=O)c3ccc(Cl)s3)OC2=O)ccc1-n1cccc(OCCNCC2CCCO2)c1=O. The smallest absolute Gasteiger partial charge is 0.414 e. The summed E-state index contributed by atoms with van der Waals surface area (Å²) in [6, 6.07) is 12.1. The monoisotopic (exact) mass is 586 g/mol. The van der Waals surface area contributed by atoms with E-state index in [1.807, 2.05) is 13.0 Å². The Kier molecular flexibility index (Phi) is 9.05. The minimum Gasteiger partial charge on any atom is -0.487 e. The molecule has 2 aliphatic rings. The highest BCUT2D eigenvalue weighted by atomic mass is 35.5. The van der Waals surface area contributed by atoms with Gasteiger partial charge in [0.15, 0.2) is 5.75 Å². The summed E-state index contributed by atoms with van der Waals surface area (Å²) in [5, 5.41) is 6.09. The first kappa shape index (κ1) is 28.2. The lowest BCUT2D eigenvalue weighted by Crippen LogP contribution is -2.34. The zero-order valence-electron chi connectivity index (χ0n) is 22.1. The number of ether oxygens (including phenoxy) is 3. The number of nitrogens with one attached hydrogen (secondary N) is 2. The van der Waals surface area contributed by atoms with Gasteiger partial charge >= 0.3 is 6.09 Å². The number of amides is 2. The molecule has 2 unspecified atom stereocenters. The summed E-state index contributed by atoms with van der Waals surface area (Å²) in [5.41, 5.74) is 1.86. The molecule has 0 aliphatic carbocycles. The van der Waals surface area contributed by atoms with Crippen LogP contribution in [0.4, 0.5) is 10.5 Å². The molecule has 40 heavy (non-hydrogen) atoms. The molecular formula is C28H31ClN4O6S. The van der Waals surface area contributed by atoms with Crippen molar-refractivity contribution in [1.82, 2.24) is 15.2 Å². The summed E-state index contributed by atoms with van der Waals surface area (Å²) < 4.78 is 18.9. The Hall–Kier alpha value is -3.38. The minimum absolute atomic E-state index is 0.180. The molecule has 4 heterocycles. The van der Waals surface area contributed by atoms with Crippen molar-refractivity contribution in [3.63, 3.8) is 0 Å². The molecule has 2 N–H and O–H groups in total. The van der Waals surface area contributed by atoms with Crippen molar-refractivity contribution < 1.29 is 23.8 Å². The van der Waals surface area contributed by atoms with Crippen molar-refractivity contribution in [1.29, 1.82) is 0 Å². The van der Waals surface area contributed by atoms with Crippen molar-refractivity contribution in [3.8, 4) is 11.4 Å². The number of halogens is 1. The van der Waals surface area contributed by atoms with E-state index in [-0.39, 0.29) is 36.4 Å². The van der Waals surface area contributed by atoms with Crippen LogP contribution in [0.2, 0.25) is 4.34 Å². The molecule has 0 spiro atoms. The zero-order valence-corrected chi connectivity index (χ0v) is 23.6. The number of hydrogen-bond donors (Lipinski definition) is 2. The van der Waals surface area contributed by atoms with Gasteiger partial charge in [0, 0.05) is 31.6 Å². The zero-order chi connectivity index (χ0) is 28.1. The number of pyridine rings is 1. The molecular weight excluding hydrogens is 556 g/mol. The lowest BCUT2D eigenvalue weighted by atomic mass is 10.1. The van der Waals surface area contributed by atoms with Crippen molar-refractivity contribution >= 4 is 40.6 Å². The Balaban J connectivity index is 1.18. The second-order valence-electron chi connectivity index (χ2n) is 9.64. The van der Waals surface area contributed by atoms with Crippen molar-refractivity contribution in [2.24, 2.45) is 0 Å². The van der Waals surface area contributed by atoms with Gasteiger partial charge < -0.3 is 24.8 Å². The van der Waals surface area contributed by atoms with Crippen LogP contribution >= 0.6 is 22.9 Å². The Bertz CT molecular complexity index is 1420. The third-order valence-corrected chi connectivity index (χ3v) is 7.99. The maximum Gasteiger partial charge on any atom is 0.414 e. The predicted octanol–water partition coefficient (Wildman–Crippen LogP) is 3.76. The van der Waals surface area contributed by atoms with Crippen LogP contribution in [-0.2, 0) is 9.47 Å². The van der Waals surface area contributed by atoms with Gasteiger partial charge in [-0.15, -0.1) is 11.3 Å². The molecule has 0 radical (unpaired) electrons. The topological polar surface area (TPSA) is 111 Å². The number of anilines is 1. The van der Waals surface area contributed by atoms with E-state index in [2.05, 4.69) is 10.6 Å². The highest BCUT2D eigenvalue weighted by Gasteiger charge is 2.33. The lowest BCUT2D eigenvalue weighted by Gasteiger charge is -2.17. The van der Waals surface area contributed by atoms with Gasteiger partial charge in [0.2, 0.25) is 0 Å². The molecule has 2 aliphatic heterocycles. The second-order valence-corrected chi connectivity index (χ2v) is 11.4. The van der Waals surface area contributed by atoms with Crippen LogP contribution < -0.4 is 25.8 Å². The summed E-state index contributed by atoms with van der Waals surface area (Å²) in [7, 11) is 0. The van der Waals surface area contributed by atoms with Gasteiger partial charge in [-0.05, 0) is 67.8 Å². The number of thiophene rings is 1. The maximum absolute atomic E-state index is 13.1. The maximum atomic E-state index is 13.1. The lowest BCUT2D eigenvalue weighted by molar-refractivity contribution is 0.0920. The quantitative estimate of drug-likeness (QED) is 0.329. The average Bonchev–Trinajstić information content (AvgIpc) is 3.70. The van der Waals surface area contributed by atoms with Gasteiger partial charge in [-0.3, -0.25) is 19.1 Å². The number of hydrogen-bond acceptors (Lipinski definition) is 8. The standard InChI is InChI=1S/C28H31ClN4O6S/c1-18-14-19(33-17-21(39-28(33)36)16-31-26(34)24-8-9-25(29)40-24)6-7-22(18)32-11-2-5-23(27(32)35)38-13-10-30-15-20-4-3-12-37-20/h2,5-9,11,14,20-21,30H,3-4,10,12-13,15-17H2,1H3,(H,31,34). The van der Waals surface area contributed by atoms with Crippen LogP contribution in [0.1, 0.15) is 28.1 Å². The highest BCUT2D eigenvalue weighted by molar-refractivity contribution is 7.18. The van der Waals surface area contributed by atoms with Crippen LogP contribution in [0.5, 0.6) is 5.75 Å². The normalized spacial score (nSPS) is 18.6. The van der Waals surface area contributed by atoms with E-state index in [9.17, 15) is 14.4 Å². The molecule has 2 amide bonds. The van der Waals surface area contributed by atoms with Gasteiger partial charge in [0.05, 0.1) is 34.1 Å². The summed E-state index contributed by atoms with van der Waals surface area (Å²) in [6.45, 7) is 4.91. The number of aryl methyl sites for hydroxylation is 1. The van der Waals surface area contributed by atoms with Crippen LogP contribution in [0.3, 0.4) is 0 Å². The van der Waals surface area contributed by atoms with Gasteiger partial charge in [-0.2, -0.15) is 0 Å². The molecule has 2 saturated heterocycles. The van der Waals surface area contributed by atoms with Crippen molar-refractivity contribution in [3.05, 3.63) is 73.8 Å². The largest absolute Gasteiger partial charge is 0.487 e. The number of cyclic esters (lactones) is 1. The first-order chi connectivity index (χ1) is 19.4. The molecule has 2 aromatic heterocycles. The molecule has 2 atom stereocenters. The Morgan fingerprint density at radius 3 is 2.80 bits per heavy atom. The van der Waals surface area contributed by atoms with E-state index >= 15 is 0 Å². The number of carbonyl (C=O) groups is 2. The molecule has 10 nitrogen and oxygen atoms in total. The average molecular weight is 587 g/mol. The summed E-state index contributed by atoms with van der Waals surface area (Å²) >= 11 is 7.08. The summed E-state index contributed by atoms with van der Waals surface area (Å²) in [6.07, 6.45) is 3.12. The van der Waals surface area contributed by atoms with E-state index in [0.29, 0.717) is 33.7 Å². The van der Waals surface area contributed by atoms with Gasteiger partial charge in [-0.1, -0.05) is 11.6 Å². The molecule has 212 valence electrons. The Morgan fingerprint density at radius 2 is 2.05 bits per heavy atom. The third-order valence-electron chi connectivity index (χ3n) is 6.76. The molecule has 5 rings (SSSR count). The fourth-order valence-corrected chi connectivity index (χ4v) is 5.68. The number of benzene rings is 1. The van der Waals surface area contributed by atoms with Crippen LogP contribution in [0, 0.1) is 6.92 Å². The van der Waals surface area contributed by atoms with E-state index in [1.54, 1.807) is 42.6 Å². The van der Waals surface area contributed by atoms with E-state index < -0.39 is 12.2 Å². The van der Waals surface area contributed by atoms with Gasteiger partial charge in [-0.25, -0.2) is 4.79 Å². The van der Waals surface area contributed by atoms with Crippen LogP contribution in [0.25, 0.3) is 5.69 Å². The van der Waals surface area contributed by atoms with Gasteiger partial charge in [0.1, 0.15) is 12.7 Å². The fraction of sp³-hybridized carbons (Fsp3) is 0.393. The minimum atomic E-state index is -0.497. The molecule has 0 bridgehead atoms. The van der Waals surface area contributed by atoms with Crippen LogP contribution in [0.15, 0.2) is 53.5 Å². The third kappa shape index (κ3) is 6.67. The Morgan fingerprint density at radius 1 is 1.18 bits per heavy atom. The highest BCUT2D eigenvalue weighted by Crippen LogP contribution is 2.26. The number of nitrogens with zero attached hydrogens (tertiary/aromatic N) is 2. The van der Waals surface area contributed by atoms with Crippen molar-refractivity contribution in [2.75, 3.05) is 44.3 Å². The van der Waals surface area contributed by atoms with Crippen molar-refractivity contribution in [2.45, 2.75) is 32.0 Å². The fourth-order valence-electron chi connectivity index (χ4n) is 4.72. The number of aromatic nitrogens is 1. The molecule has 2 fully saturated rings. The van der Waals surface area contributed by atoms with E-state index in [0.717, 1.165) is 31.6 Å². The number of carbonyl (C=O) groups excluding carboxylic acids is 2. The van der Waals surface area contributed by atoms with Crippen LogP contribution in [-0.4, -0.2) is 68.2 Å². The molecule has 0 saturated carbocycles. The van der Waals surface area contributed by atoms with E-state index in [4.69, 9.17) is 25.8 Å². The molecule has 12 heteroatoms. The summed E-state index contributed by atoms with van der Waals surface area (Å²) in [4.78, 5) is 40.0. The molecule has 3 aromatic rings. The second kappa shape index (κ2) is 12.9. The van der Waals surface area contributed by atoms with Gasteiger partial charge in [0.25, 0.3) is 11.5 Å².